The van der Waals surface area contributed by atoms with Gasteiger partial charge in [-0.25, -0.2) is 0 Å². The number of hydrogen-bond acceptors (Lipinski definition) is 6. The van der Waals surface area contributed by atoms with E-state index in [4.69, 9.17) is 10.8 Å². The Bertz CT molecular complexity index is 855. The Labute approximate surface area is 193 Å². The maximum absolute atomic E-state index is 12.7. The molecule has 0 heterocycles. The van der Waals surface area contributed by atoms with Crippen molar-refractivity contribution in [3.63, 3.8) is 0 Å². The van der Waals surface area contributed by atoms with Crippen LogP contribution in [0.2, 0.25) is 0 Å². The van der Waals surface area contributed by atoms with Gasteiger partial charge in [-0.3, -0.25) is 19.2 Å². The van der Waals surface area contributed by atoms with Gasteiger partial charge in [0.25, 0.3) is 0 Å². The predicted octanol–water partition coefficient (Wildman–Crippen LogP) is 0.686. The summed E-state index contributed by atoms with van der Waals surface area (Å²) in [5, 5.41) is 25.8. The summed E-state index contributed by atoms with van der Waals surface area (Å²) in [6.45, 7) is 8.42. The Kier molecular flexibility index (Phi) is 11.1. The average molecular weight is 463 g/mol. The number of hydrogen-bond donors (Lipinski definition) is 6. The molecule has 1 aromatic carbocycles. The summed E-state index contributed by atoms with van der Waals surface area (Å²) in [6, 6.07) is 4.01. The normalized spacial score (nSPS) is 14.3. The third kappa shape index (κ3) is 10.6. The minimum absolute atomic E-state index is 0.0853. The monoisotopic (exact) mass is 462 g/mol. The SMILES string of the molecule is C=C(O)C[C@@H](C)NC(=O)[C@H](C)NC(=O)[C@H](CCC(=O)O)NC(=O)[C@@H](N)Cc1ccc(C)cc1. The van der Waals surface area contributed by atoms with Crippen LogP contribution in [0.5, 0.6) is 0 Å². The fraction of sp³-hybridized carbons (Fsp3) is 0.478. The summed E-state index contributed by atoms with van der Waals surface area (Å²) in [4.78, 5) is 48.5. The molecule has 1 rings (SSSR count). The summed E-state index contributed by atoms with van der Waals surface area (Å²) in [7, 11) is 0. The van der Waals surface area contributed by atoms with E-state index in [0.29, 0.717) is 0 Å². The molecule has 10 heteroatoms. The number of carboxylic acids is 1. The molecule has 0 radical (unpaired) electrons. The maximum atomic E-state index is 12.7. The molecule has 0 saturated carbocycles. The minimum atomic E-state index is -1.18. The summed E-state index contributed by atoms with van der Waals surface area (Å²) >= 11 is 0. The number of amides is 3. The summed E-state index contributed by atoms with van der Waals surface area (Å²) < 4.78 is 0. The molecule has 4 atom stereocenters. The Hall–Kier alpha value is -3.40. The molecule has 1 aromatic rings. The zero-order valence-electron chi connectivity index (χ0n) is 19.3. The zero-order chi connectivity index (χ0) is 25.1. The lowest BCUT2D eigenvalue weighted by molar-refractivity contribution is -0.138. The lowest BCUT2D eigenvalue weighted by Crippen LogP contribution is -2.56. The van der Waals surface area contributed by atoms with Gasteiger partial charge in [0.05, 0.1) is 11.8 Å². The number of nitrogens with two attached hydrogens (primary N) is 1. The van der Waals surface area contributed by atoms with Gasteiger partial charge in [-0.1, -0.05) is 36.4 Å². The van der Waals surface area contributed by atoms with E-state index in [0.717, 1.165) is 11.1 Å². The number of aliphatic hydroxyl groups excluding tert-OH is 1. The van der Waals surface area contributed by atoms with Crippen molar-refractivity contribution in [2.24, 2.45) is 5.73 Å². The summed E-state index contributed by atoms with van der Waals surface area (Å²) in [5.74, 6) is -3.02. The van der Waals surface area contributed by atoms with Crippen molar-refractivity contribution in [1.29, 1.82) is 0 Å². The second-order valence-electron chi connectivity index (χ2n) is 8.20. The number of aliphatic carboxylic acids is 1. The molecule has 3 amide bonds. The van der Waals surface area contributed by atoms with Gasteiger partial charge >= 0.3 is 5.97 Å². The van der Waals surface area contributed by atoms with Crippen molar-refractivity contribution >= 4 is 23.7 Å². The molecule has 0 unspecified atom stereocenters. The van der Waals surface area contributed by atoms with Crippen LogP contribution in [0.25, 0.3) is 0 Å². The van der Waals surface area contributed by atoms with E-state index in [1.165, 1.54) is 6.92 Å². The van der Waals surface area contributed by atoms with Crippen LogP contribution in [-0.4, -0.2) is 58.1 Å². The van der Waals surface area contributed by atoms with E-state index in [-0.39, 0.29) is 31.4 Å². The van der Waals surface area contributed by atoms with Gasteiger partial charge in [-0.2, -0.15) is 0 Å². The van der Waals surface area contributed by atoms with Crippen molar-refractivity contribution in [3.05, 3.63) is 47.7 Å². The van der Waals surface area contributed by atoms with Crippen LogP contribution in [-0.2, 0) is 25.6 Å². The highest BCUT2D eigenvalue weighted by molar-refractivity contribution is 5.93. The van der Waals surface area contributed by atoms with E-state index in [1.807, 2.05) is 31.2 Å². The number of nitrogens with one attached hydrogen (secondary N) is 3. The highest BCUT2D eigenvalue weighted by Gasteiger charge is 2.27. The molecule has 0 aromatic heterocycles. The molecule has 0 aliphatic rings. The van der Waals surface area contributed by atoms with E-state index in [1.54, 1.807) is 6.92 Å². The molecule has 0 spiro atoms. The highest BCUT2D eigenvalue weighted by atomic mass is 16.4. The first-order valence-corrected chi connectivity index (χ1v) is 10.7. The number of aliphatic hydroxyl groups is 1. The van der Waals surface area contributed by atoms with Gasteiger partial charge in [-0.15, -0.1) is 0 Å². The topological polar surface area (TPSA) is 171 Å². The fourth-order valence-electron chi connectivity index (χ4n) is 3.04. The Morgan fingerprint density at radius 2 is 1.58 bits per heavy atom. The van der Waals surface area contributed by atoms with Crippen molar-refractivity contribution in [2.75, 3.05) is 0 Å². The molecule has 0 saturated heterocycles. The first-order chi connectivity index (χ1) is 15.4. The predicted molar refractivity (Wildman–Crippen MR) is 123 cm³/mol. The average Bonchev–Trinajstić information content (AvgIpc) is 2.71. The molecule has 0 aliphatic carbocycles. The molecule has 182 valence electrons. The van der Waals surface area contributed by atoms with E-state index in [2.05, 4.69) is 22.5 Å². The van der Waals surface area contributed by atoms with Crippen molar-refractivity contribution < 1.29 is 29.4 Å². The zero-order valence-corrected chi connectivity index (χ0v) is 19.3. The molecule has 33 heavy (non-hydrogen) atoms. The van der Waals surface area contributed by atoms with E-state index < -0.39 is 47.9 Å². The molecular weight excluding hydrogens is 428 g/mol. The van der Waals surface area contributed by atoms with Crippen LogP contribution in [0.4, 0.5) is 0 Å². The number of rotatable bonds is 13. The van der Waals surface area contributed by atoms with Crippen LogP contribution in [0, 0.1) is 6.92 Å². The Balaban J connectivity index is 2.75. The number of carboxylic acid groups (broad SMARTS) is 1. The standard InChI is InChI=1S/C23H34N4O6/c1-13-5-7-17(8-6-13)12-18(24)22(32)27-19(9-10-20(29)30)23(33)26-16(4)21(31)25-14(2)11-15(3)28/h5-8,14,16,18-19,28H,3,9-12,24H2,1-2,4H3,(H,25,31)(H,26,33)(H,27,32)(H,29,30)/t14-,16+,18+,19+/m1/s1. The Morgan fingerprint density at radius 3 is 2.12 bits per heavy atom. The summed E-state index contributed by atoms with van der Waals surface area (Å²) in [6.07, 6.45) is -0.129. The quantitative estimate of drug-likeness (QED) is 0.234. The number of aryl methyl sites for hydroxylation is 1. The van der Waals surface area contributed by atoms with Crippen LogP contribution in [0.3, 0.4) is 0 Å². The highest BCUT2D eigenvalue weighted by Crippen LogP contribution is 2.07. The summed E-state index contributed by atoms with van der Waals surface area (Å²) in [5.41, 5.74) is 7.90. The van der Waals surface area contributed by atoms with E-state index >= 15 is 0 Å². The molecule has 0 aliphatic heterocycles. The molecular formula is C23H34N4O6. The second kappa shape index (κ2) is 13.2. The number of carbonyl (C=O) groups excluding carboxylic acids is 3. The number of carbonyl (C=O) groups is 4. The third-order valence-electron chi connectivity index (χ3n) is 4.88. The van der Waals surface area contributed by atoms with Crippen LogP contribution < -0.4 is 21.7 Å². The van der Waals surface area contributed by atoms with Gasteiger partial charge in [0, 0.05) is 18.9 Å². The molecule has 0 fully saturated rings. The van der Waals surface area contributed by atoms with Gasteiger partial charge in [0.15, 0.2) is 0 Å². The lowest BCUT2D eigenvalue weighted by Gasteiger charge is -2.23. The molecule has 7 N–H and O–H groups in total. The lowest BCUT2D eigenvalue weighted by atomic mass is 10.0. The Morgan fingerprint density at radius 1 is 0.970 bits per heavy atom. The van der Waals surface area contributed by atoms with Crippen LogP contribution in [0.1, 0.15) is 44.2 Å². The third-order valence-corrected chi connectivity index (χ3v) is 4.88. The van der Waals surface area contributed by atoms with Crippen LogP contribution in [0.15, 0.2) is 36.6 Å². The molecule has 0 bridgehead atoms. The first-order valence-electron chi connectivity index (χ1n) is 10.7. The fourth-order valence-corrected chi connectivity index (χ4v) is 3.04. The van der Waals surface area contributed by atoms with Crippen molar-refractivity contribution in [3.8, 4) is 0 Å². The first kappa shape index (κ1) is 27.6. The second-order valence-corrected chi connectivity index (χ2v) is 8.20. The van der Waals surface area contributed by atoms with Crippen molar-refractivity contribution in [1.82, 2.24) is 16.0 Å². The van der Waals surface area contributed by atoms with Crippen LogP contribution >= 0.6 is 0 Å². The molecule has 10 nitrogen and oxygen atoms in total. The van der Waals surface area contributed by atoms with Gasteiger partial charge in [0.1, 0.15) is 12.1 Å². The minimum Gasteiger partial charge on any atom is -0.513 e. The number of benzene rings is 1. The van der Waals surface area contributed by atoms with Crippen molar-refractivity contribution in [2.45, 2.75) is 70.6 Å². The van der Waals surface area contributed by atoms with Gasteiger partial charge in [-0.05, 0) is 39.2 Å². The van der Waals surface area contributed by atoms with Gasteiger partial charge in [0.2, 0.25) is 17.7 Å². The largest absolute Gasteiger partial charge is 0.513 e. The smallest absolute Gasteiger partial charge is 0.303 e. The maximum Gasteiger partial charge on any atom is 0.303 e. The van der Waals surface area contributed by atoms with Gasteiger partial charge < -0.3 is 31.9 Å². The van der Waals surface area contributed by atoms with E-state index in [9.17, 15) is 24.3 Å².